The van der Waals surface area contributed by atoms with Crippen LogP contribution in [0.4, 0.5) is 0 Å². The Balaban J connectivity index is 2.65. The minimum atomic E-state index is -0.809. The van der Waals surface area contributed by atoms with Gasteiger partial charge in [-0.1, -0.05) is 0 Å². The Morgan fingerprint density at radius 2 is 2.06 bits per heavy atom. The summed E-state index contributed by atoms with van der Waals surface area (Å²) in [6, 6.07) is 0. The van der Waals surface area contributed by atoms with Crippen LogP contribution in [0.3, 0.4) is 0 Å². The highest BCUT2D eigenvalue weighted by molar-refractivity contribution is 5.68. The van der Waals surface area contributed by atoms with Crippen molar-refractivity contribution in [3.05, 3.63) is 22.4 Å². The lowest BCUT2D eigenvalue weighted by Crippen LogP contribution is -2.18. The van der Waals surface area contributed by atoms with Gasteiger partial charge in [0.15, 0.2) is 17.0 Å². The zero-order chi connectivity index (χ0) is 12.4. The van der Waals surface area contributed by atoms with Gasteiger partial charge in [0, 0.05) is 14.2 Å². The average Bonchev–Trinajstić information content (AvgIpc) is 2.30. The number of aromatic nitrogens is 4. The molecule has 0 aliphatic heterocycles. The second-order valence-corrected chi connectivity index (χ2v) is 3.15. The number of aromatic amines is 1. The fourth-order valence-electron chi connectivity index (χ4n) is 1.36. The SMILES string of the molecule is COC(OC)c1nc2nc(O)cnc2c(=O)[nH]1. The van der Waals surface area contributed by atoms with Crippen molar-refractivity contribution in [2.24, 2.45) is 0 Å². The molecule has 2 aromatic rings. The van der Waals surface area contributed by atoms with Gasteiger partial charge < -0.3 is 19.6 Å². The standard InChI is InChI=1S/C9H10N4O4/c1-16-9(17-2)7-12-6-5(8(15)13-7)10-3-4(14)11-6/h3,9H,1-2H3,(H2,11,12,13,14,15). The Morgan fingerprint density at radius 3 is 2.71 bits per heavy atom. The Kier molecular flexibility index (Phi) is 2.98. The molecular formula is C9H10N4O4. The normalized spacial score (nSPS) is 11.2. The van der Waals surface area contributed by atoms with Crippen LogP contribution in [0.25, 0.3) is 11.2 Å². The van der Waals surface area contributed by atoms with Gasteiger partial charge in [-0.15, -0.1) is 0 Å². The molecule has 0 saturated carbocycles. The fourth-order valence-corrected chi connectivity index (χ4v) is 1.36. The van der Waals surface area contributed by atoms with E-state index in [4.69, 9.17) is 9.47 Å². The first kappa shape index (κ1) is 11.4. The fraction of sp³-hybridized carbons (Fsp3) is 0.333. The van der Waals surface area contributed by atoms with Crippen LogP contribution in [-0.2, 0) is 9.47 Å². The molecule has 8 nitrogen and oxygen atoms in total. The van der Waals surface area contributed by atoms with Crippen molar-refractivity contribution < 1.29 is 14.6 Å². The van der Waals surface area contributed by atoms with Crippen molar-refractivity contribution in [3.8, 4) is 5.88 Å². The molecule has 0 unspecified atom stereocenters. The van der Waals surface area contributed by atoms with Crippen LogP contribution in [0.1, 0.15) is 12.1 Å². The van der Waals surface area contributed by atoms with Crippen molar-refractivity contribution in [2.75, 3.05) is 14.2 Å². The first-order chi connectivity index (χ1) is 8.15. The summed E-state index contributed by atoms with van der Waals surface area (Å²) >= 11 is 0. The lowest BCUT2D eigenvalue weighted by molar-refractivity contribution is -0.111. The third kappa shape index (κ3) is 2.08. The summed E-state index contributed by atoms with van der Waals surface area (Å²) < 4.78 is 9.91. The Labute approximate surface area is 95.3 Å². The summed E-state index contributed by atoms with van der Waals surface area (Å²) in [5, 5.41) is 9.18. The van der Waals surface area contributed by atoms with Gasteiger partial charge in [0.1, 0.15) is 0 Å². The lowest BCUT2D eigenvalue weighted by atomic mass is 10.4. The molecule has 0 aliphatic rings. The smallest absolute Gasteiger partial charge is 0.279 e. The van der Waals surface area contributed by atoms with Crippen molar-refractivity contribution in [3.63, 3.8) is 0 Å². The largest absolute Gasteiger partial charge is 0.492 e. The predicted molar refractivity (Wildman–Crippen MR) is 56.4 cm³/mol. The maximum Gasteiger partial charge on any atom is 0.279 e. The first-order valence-electron chi connectivity index (χ1n) is 4.67. The molecule has 2 N–H and O–H groups in total. The lowest BCUT2D eigenvalue weighted by Gasteiger charge is -2.11. The maximum absolute atomic E-state index is 11.7. The van der Waals surface area contributed by atoms with Gasteiger partial charge in [-0.3, -0.25) is 4.79 Å². The minimum absolute atomic E-state index is 0.0304. The van der Waals surface area contributed by atoms with Crippen LogP contribution in [0, 0.1) is 0 Å². The summed E-state index contributed by atoms with van der Waals surface area (Å²) in [7, 11) is 2.82. The Bertz CT molecular complexity index is 593. The van der Waals surface area contributed by atoms with Crippen LogP contribution < -0.4 is 5.56 Å². The van der Waals surface area contributed by atoms with Crippen molar-refractivity contribution >= 4 is 11.2 Å². The second-order valence-electron chi connectivity index (χ2n) is 3.15. The van der Waals surface area contributed by atoms with Gasteiger partial charge in [0.2, 0.25) is 12.2 Å². The number of H-pyrrole nitrogens is 1. The number of hydrogen-bond donors (Lipinski definition) is 2. The molecule has 0 saturated heterocycles. The summed E-state index contributed by atoms with van der Waals surface area (Å²) in [5.41, 5.74) is -0.406. The second kappa shape index (κ2) is 4.44. The molecule has 0 bridgehead atoms. The maximum atomic E-state index is 11.7. The van der Waals surface area contributed by atoms with Gasteiger partial charge in [-0.05, 0) is 0 Å². The van der Waals surface area contributed by atoms with Crippen LogP contribution in [0.2, 0.25) is 0 Å². The van der Waals surface area contributed by atoms with Gasteiger partial charge >= 0.3 is 0 Å². The zero-order valence-electron chi connectivity index (χ0n) is 9.17. The van der Waals surface area contributed by atoms with E-state index in [1.807, 2.05) is 0 Å². The average molecular weight is 238 g/mol. The highest BCUT2D eigenvalue weighted by Crippen LogP contribution is 2.13. The van der Waals surface area contributed by atoms with Gasteiger partial charge in [0.25, 0.3) is 5.56 Å². The van der Waals surface area contributed by atoms with Crippen LogP contribution in [0.15, 0.2) is 11.0 Å². The topological polar surface area (TPSA) is 110 Å². The number of nitrogens with zero attached hydrogens (tertiary/aromatic N) is 3. The molecule has 0 amide bonds. The quantitative estimate of drug-likeness (QED) is 0.707. The van der Waals surface area contributed by atoms with E-state index in [1.165, 1.54) is 14.2 Å². The summed E-state index contributed by atoms with van der Waals surface area (Å²) in [6.45, 7) is 0. The van der Waals surface area contributed by atoms with Crippen molar-refractivity contribution in [1.82, 2.24) is 19.9 Å². The van der Waals surface area contributed by atoms with Gasteiger partial charge in [0.05, 0.1) is 6.20 Å². The highest BCUT2D eigenvalue weighted by Gasteiger charge is 2.15. The molecule has 0 spiro atoms. The molecule has 0 fully saturated rings. The number of nitrogens with one attached hydrogen (secondary N) is 1. The summed E-state index contributed by atoms with van der Waals surface area (Å²) in [5.74, 6) is -0.152. The number of ether oxygens (including phenoxy) is 2. The number of aromatic hydroxyl groups is 1. The molecule has 0 atom stereocenters. The molecule has 0 radical (unpaired) electrons. The number of hydrogen-bond acceptors (Lipinski definition) is 7. The third-order valence-electron chi connectivity index (χ3n) is 2.08. The monoisotopic (exact) mass is 238 g/mol. The van der Waals surface area contributed by atoms with E-state index in [1.54, 1.807) is 0 Å². The molecule has 8 heteroatoms. The van der Waals surface area contributed by atoms with Crippen LogP contribution >= 0.6 is 0 Å². The molecule has 90 valence electrons. The van der Waals surface area contributed by atoms with Crippen molar-refractivity contribution in [2.45, 2.75) is 6.29 Å². The molecule has 2 aromatic heterocycles. The Hall–Kier alpha value is -2.06. The Morgan fingerprint density at radius 1 is 1.35 bits per heavy atom. The van der Waals surface area contributed by atoms with E-state index in [0.29, 0.717) is 0 Å². The minimum Gasteiger partial charge on any atom is -0.492 e. The molecular weight excluding hydrogens is 228 g/mol. The highest BCUT2D eigenvalue weighted by atomic mass is 16.7. The molecule has 2 rings (SSSR count). The van der Waals surface area contributed by atoms with E-state index in [2.05, 4.69) is 19.9 Å². The van der Waals surface area contributed by atoms with E-state index in [0.717, 1.165) is 6.20 Å². The molecule has 17 heavy (non-hydrogen) atoms. The van der Waals surface area contributed by atoms with Gasteiger partial charge in [-0.2, -0.15) is 4.98 Å². The molecule has 0 aromatic carbocycles. The van der Waals surface area contributed by atoms with Crippen LogP contribution in [0.5, 0.6) is 5.88 Å². The first-order valence-corrected chi connectivity index (χ1v) is 4.67. The summed E-state index contributed by atoms with van der Waals surface area (Å²) in [6.07, 6.45) is 0.263. The summed E-state index contributed by atoms with van der Waals surface area (Å²) in [4.78, 5) is 25.6. The predicted octanol–water partition coefficient (Wildman–Crippen LogP) is -0.290. The van der Waals surface area contributed by atoms with Gasteiger partial charge in [-0.25, -0.2) is 9.97 Å². The molecule has 2 heterocycles. The number of methoxy groups -OCH3 is 2. The van der Waals surface area contributed by atoms with E-state index in [-0.39, 0.29) is 22.9 Å². The van der Waals surface area contributed by atoms with Crippen molar-refractivity contribution in [1.29, 1.82) is 0 Å². The van der Waals surface area contributed by atoms with Crippen LogP contribution in [-0.4, -0.2) is 39.3 Å². The number of fused-ring (bicyclic) bond motifs is 1. The van der Waals surface area contributed by atoms with E-state index in [9.17, 15) is 9.90 Å². The molecule has 0 aliphatic carbocycles. The van der Waals surface area contributed by atoms with E-state index < -0.39 is 11.8 Å². The van der Waals surface area contributed by atoms with E-state index >= 15 is 0 Å². The third-order valence-corrected chi connectivity index (χ3v) is 2.08. The zero-order valence-corrected chi connectivity index (χ0v) is 9.17. The number of rotatable bonds is 3.